The fourth-order valence-electron chi connectivity index (χ4n) is 3.14. The molecule has 5 nitrogen and oxygen atoms in total. The van der Waals surface area contributed by atoms with Crippen LogP contribution in [0.2, 0.25) is 0 Å². The Morgan fingerprint density at radius 2 is 1.84 bits per heavy atom. The average Bonchev–Trinajstić information content (AvgIpc) is 2.65. The van der Waals surface area contributed by atoms with E-state index in [1.165, 1.54) is 4.90 Å². The van der Waals surface area contributed by atoms with Gasteiger partial charge in [0.25, 0.3) is 5.91 Å². The van der Waals surface area contributed by atoms with Crippen LogP contribution >= 0.6 is 0 Å². The minimum Gasteiger partial charge on any atom is -0.481 e. The Morgan fingerprint density at radius 3 is 2.56 bits per heavy atom. The predicted molar refractivity (Wildman–Crippen MR) is 95.0 cm³/mol. The average molecular weight is 357 g/mol. The van der Waals surface area contributed by atoms with Crippen LogP contribution in [-0.2, 0) is 22.1 Å². The zero-order chi connectivity index (χ0) is 18.0. The van der Waals surface area contributed by atoms with E-state index in [2.05, 4.69) is 0 Å². The molecule has 2 unspecified atom stereocenters. The van der Waals surface area contributed by atoms with E-state index in [4.69, 9.17) is 0 Å². The maximum atomic E-state index is 13.0. The zero-order valence-corrected chi connectivity index (χ0v) is 14.7. The van der Waals surface area contributed by atoms with Gasteiger partial charge in [0.15, 0.2) is 0 Å². The van der Waals surface area contributed by atoms with Gasteiger partial charge >= 0.3 is 5.97 Å². The molecular weight excluding hydrogens is 338 g/mol. The number of carboxylic acids is 1. The summed E-state index contributed by atoms with van der Waals surface area (Å²) in [7, 11) is -1.25. The lowest BCUT2D eigenvalue weighted by molar-refractivity contribution is -0.139. The van der Waals surface area contributed by atoms with Crippen LogP contribution in [0.4, 0.5) is 0 Å². The molecule has 1 N–H and O–H groups in total. The molecule has 1 heterocycles. The summed E-state index contributed by atoms with van der Waals surface area (Å²) in [5.74, 6) is -1.56. The molecule has 1 aliphatic rings. The number of amides is 1. The quantitative estimate of drug-likeness (QED) is 0.913. The first-order valence-corrected chi connectivity index (χ1v) is 9.42. The van der Waals surface area contributed by atoms with Crippen LogP contribution in [0.3, 0.4) is 0 Å². The first-order valence-electron chi connectivity index (χ1n) is 8.10. The first kappa shape index (κ1) is 17.4. The molecule has 2 aromatic rings. The summed E-state index contributed by atoms with van der Waals surface area (Å²) >= 11 is 0. The van der Waals surface area contributed by atoms with Gasteiger partial charge in [-0.3, -0.25) is 13.8 Å². The molecule has 0 aliphatic carbocycles. The molecule has 0 spiro atoms. The first-order chi connectivity index (χ1) is 12.0. The SMILES string of the molecule is CCS(=O)c1ccccc1C(=O)N1Cc2ccccc2C(C(=O)O)C1. The minimum absolute atomic E-state index is 0.109. The van der Waals surface area contributed by atoms with Crippen LogP contribution < -0.4 is 0 Å². The van der Waals surface area contributed by atoms with Crippen molar-refractivity contribution in [2.24, 2.45) is 0 Å². The molecule has 0 bridgehead atoms. The number of hydrogen-bond donors (Lipinski definition) is 1. The fraction of sp³-hybridized carbons (Fsp3) is 0.263. The molecule has 0 radical (unpaired) electrons. The van der Waals surface area contributed by atoms with Crippen LogP contribution in [0.5, 0.6) is 0 Å². The summed E-state index contributed by atoms with van der Waals surface area (Å²) in [5, 5.41) is 9.55. The summed E-state index contributed by atoms with van der Waals surface area (Å²) in [5.41, 5.74) is 1.97. The van der Waals surface area contributed by atoms with E-state index in [1.54, 1.807) is 37.3 Å². The van der Waals surface area contributed by atoms with Crippen molar-refractivity contribution in [2.75, 3.05) is 12.3 Å². The van der Waals surface area contributed by atoms with Crippen molar-refractivity contribution in [3.63, 3.8) is 0 Å². The molecule has 6 heteroatoms. The number of fused-ring (bicyclic) bond motifs is 1. The van der Waals surface area contributed by atoms with E-state index in [9.17, 15) is 18.9 Å². The van der Waals surface area contributed by atoms with E-state index >= 15 is 0 Å². The Bertz CT molecular complexity index is 849. The van der Waals surface area contributed by atoms with Gasteiger partial charge in [-0.25, -0.2) is 0 Å². The third kappa shape index (κ3) is 3.35. The highest BCUT2D eigenvalue weighted by atomic mass is 32.2. The molecule has 1 aliphatic heterocycles. The summed E-state index contributed by atoms with van der Waals surface area (Å²) < 4.78 is 12.2. The van der Waals surface area contributed by atoms with E-state index in [1.807, 2.05) is 18.2 Å². The summed E-state index contributed by atoms with van der Waals surface area (Å²) in [4.78, 5) is 26.7. The number of nitrogens with zero attached hydrogens (tertiary/aromatic N) is 1. The van der Waals surface area contributed by atoms with Gasteiger partial charge in [-0.15, -0.1) is 0 Å². The highest BCUT2D eigenvalue weighted by Crippen LogP contribution is 2.30. The van der Waals surface area contributed by atoms with Gasteiger partial charge in [-0.05, 0) is 23.3 Å². The molecule has 0 saturated heterocycles. The monoisotopic (exact) mass is 357 g/mol. The lowest BCUT2D eigenvalue weighted by Gasteiger charge is -2.33. The largest absolute Gasteiger partial charge is 0.481 e. The van der Waals surface area contributed by atoms with Gasteiger partial charge < -0.3 is 10.0 Å². The normalized spacial score (nSPS) is 17.6. The topological polar surface area (TPSA) is 74.7 Å². The van der Waals surface area contributed by atoms with Gasteiger partial charge in [-0.2, -0.15) is 0 Å². The minimum atomic E-state index is -1.25. The van der Waals surface area contributed by atoms with Gasteiger partial charge in [0, 0.05) is 18.8 Å². The molecule has 25 heavy (non-hydrogen) atoms. The van der Waals surface area contributed by atoms with Crippen LogP contribution in [0, 0.1) is 0 Å². The highest BCUT2D eigenvalue weighted by molar-refractivity contribution is 7.85. The number of carboxylic acid groups (broad SMARTS) is 1. The van der Waals surface area contributed by atoms with Crippen LogP contribution in [0.25, 0.3) is 0 Å². The van der Waals surface area contributed by atoms with Crippen molar-refractivity contribution in [1.82, 2.24) is 4.90 Å². The second-order valence-corrected chi connectivity index (χ2v) is 7.61. The van der Waals surface area contributed by atoms with Crippen molar-refractivity contribution in [3.8, 4) is 0 Å². The second-order valence-electron chi connectivity index (χ2n) is 5.91. The number of benzene rings is 2. The van der Waals surface area contributed by atoms with Crippen molar-refractivity contribution in [1.29, 1.82) is 0 Å². The number of rotatable bonds is 4. The Balaban J connectivity index is 1.97. The Morgan fingerprint density at radius 1 is 1.16 bits per heavy atom. The summed E-state index contributed by atoms with van der Waals surface area (Å²) in [6.07, 6.45) is 0. The molecule has 0 fully saturated rings. The van der Waals surface area contributed by atoms with E-state index in [0.29, 0.717) is 22.8 Å². The number of carbonyl (C=O) groups excluding carboxylic acids is 1. The molecule has 0 aromatic heterocycles. The van der Waals surface area contributed by atoms with E-state index in [0.717, 1.165) is 11.1 Å². The van der Waals surface area contributed by atoms with E-state index in [-0.39, 0.29) is 12.5 Å². The van der Waals surface area contributed by atoms with Crippen molar-refractivity contribution >= 4 is 22.7 Å². The van der Waals surface area contributed by atoms with Gasteiger partial charge in [0.05, 0.1) is 27.2 Å². The Hall–Kier alpha value is -2.47. The van der Waals surface area contributed by atoms with Crippen molar-refractivity contribution in [2.45, 2.75) is 24.3 Å². The van der Waals surface area contributed by atoms with Crippen LogP contribution in [0.15, 0.2) is 53.4 Å². The predicted octanol–water partition coefficient (Wildman–Crippen LogP) is 2.64. The van der Waals surface area contributed by atoms with Crippen LogP contribution in [0.1, 0.15) is 34.3 Å². The van der Waals surface area contributed by atoms with E-state index < -0.39 is 22.7 Å². The number of carbonyl (C=O) groups is 2. The fourth-order valence-corrected chi connectivity index (χ4v) is 4.08. The highest BCUT2D eigenvalue weighted by Gasteiger charge is 2.33. The zero-order valence-electron chi connectivity index (χ0n) is 13.8. The van der Waals surface area contributed by atoms with Gasteiger partial charge in [-0.1, -0.05) is 43.3 Å². The second kappa shape index (κ2) is 7.19. The Kier molecular flexibility index (Phi) is 4.99. The number of hydrogen-bond acceptors (Lipinski definition) is 3. The molecule has 3 rings (SSSR count). The smallest absolute Gasteiger partial charge is 0.312 e. The standard InChI is InChI=1S/C19H19NO4S/c1-2-25(24)17-10-6-5-9-15(17)18(21)20-11-13-7-3-4-8-14(13)16(12-20)19(22)23/h3-10,16H,2,11-12H2,1H3,(H,22,23). The van der Waals surface area contributed by atoms with Gasteiger partial charge in [0.1, 0.15) is 0 Å². The maximum Gasteiger partial charge on any atom is 0.312 e. The lowest BCUT2D eigenvalue weighted by atomic mass is 9.89. The third-order valence-corrected chi connectivity index (χ3v) is 5.78. The number of aliphatic carboxylic acids is 1. The molecule has 2 aromatic carbocycles. The van der Waals surface area contributed by atoms with Crippen LogP contribution in [-0.4, -0.2) is 38.4 Å². The van der Waals surface area contributed by atoms with Crippen molar-refractivity contribution < 1.29 is 18.9 Å². The third-order valence-electron chi connectivity index (χ3n) is 4.40. The molecule has 130 valence electrons. The van der Waals surface area contributed by atoms with Crippen molar-refractivity contribution in [3.05, 3.63) is 65.2 Å². The lowest BCUT2D eigenvalue weighted by Crippen LogP contribution is -2.41. The Labute approximate surface area is 148 Å². The summed E-state index contributed by atoms with van der Waals surface area (Å²) in [6.45, 7) is 2.26. The summed E-state index contributed by atoms with van der Waals surface area (Å²) in [6, 6.07) is 14.1. The maximum absolute atomic E-state index is 13.0. The molecule has 1 amide bonds. The molecule has 2 atom stereocenters. The van der Waals surface area contributed by atoms with Gasteiger partial charge in [0.2, 0.25) is 0 Å². The molecule has 0 saturated carbocycles. The molecular formula is C19H19NO4S.